The number of carbonyl (C=O) groups is 1. The zero-order valence-electron chi connectivity index (χ0n) is 16.6. The van der Waals surface area contributed by atoms with Crippen LogP contribution in [0.5, 0.6) is 0 Å². The minimum absolute atomic E-state index is 0.0670. The Labute approximate surface area is 162 Å². The Morgan fingerprint density at radius 3 is 2.37 bits per heavy atom. The van der Waals surface area contributed by atoms with Crippen molar-refractivity contribution in [3.8, 4) is 0 Å². The number of aliphatic hydroxyl groups is 4. The molecule has 0 aromatic rings. The van der Waals surface area contributed by atoms with Crippen LogP contribution in [0.2, 0.25) is 0 Å². The van der Waals surface area contributed by atoms with Crippen molar-refractivity contribution in [2.24, 2.45) is 11.8 Å². The van der Waals surface area contributed by atoms with E-state index in [0.29, 0.717) is 17.9 Å². The van der Waals surface area contributed by atoms with Gasteiger partial charge in [-0.05, 0) is 24.7 Å². The lowest BCUT2D eigenvalue weighted by Crippen LogP contribution is -2.59. The van der Waals surface area contributed by atoms with Crippen molar-refractivity contribution >= 4 is 5.78 Å². The minimum Gasteiger partial charge on any atom is -0.394 e. The summed E-state index contributed by atoms with van der Waals surface area (Å²) < 4.78 is 5.59. The van der Waals surface area contributed by atoms with E-state index >= 15 is 0 Å². The number of rotatable bonds is 9. The topological polar surface area (TPSA) is 107 Å². The van der Waals surface area contributed by atoms with Crippen LogP contribution in [0.1, 0.15) is 65.2 Å². The average Bonchev–Trinajstić information content (AvgIpc) is 2.67. The molecule has 1 aliphatic carbocycles. The second kappa shape index (κ2) is 10.7. The molecule has 1 fully saturated rings. The van der Waals surface area contributed by atoms with E-state index in [1.165, 1.54) is 25.7 Å². The van der Waals surface area contributed by atoms with Gasteiger partial charge >= 0.3 is 0 Å². The van der Waals surface area contributed by atoms with Crippen molar-refractivity contribution in [2.45, 2.75) is 95.7 Å². The summed E-state index contributed by atoms with van der Waals surface area (Å²) in [5.74, 6) is 0.469. The molecule has 1 saturated heterocycles. The molecule has 0 amide bonds. The summed E-state index contributed by atoms with van der Waals surface area (Å²) in [5.41, 5.74) is 0.376. The van der Waals surface area contributed by atoms with E-state index in [4.69, 9.17) is 4.74 Å². The van der Waals surface area contributed by atoms with Crippen LogP contribution in [0.3, 0.4) is 0 Å². The Hall–Kier alpha value is -0.790. The van der Waals surface area contributed by atoms with Crippen molar-refractivity contribution in [3.05, 3.63) is 11.6 Å². The van der Waals surface area contributed by atoms with Crippen molar-refractivity contribution < 1.29 is 30.0 Å². The summed E-state index contributed by atoms with van der Waals surface area (Å²) in [4.78, 5) is 12.8. The van der Waals surface area contributed by atoms with Crippen LogP contribution in [0, 0.1) is 11.8 Å². The molecule has 1 aliphatic heterocycles. The van der Waals surface area contributed by atoms with Crippen LogP contribution >= 0.6 is 0 Å². The summed E-state index contributed by atoms with van der Waals surface area (Å²) in [5, 5.41) is 39.7. The molecule has 2 aliphatic rings. The Balaban J connectivity index is 2.07. The fourth-order valence-electron chi connectivity index (χ4n) is 4.36. The quantitative estimate of drug-likeness (QED) is 0.451. The van der Waals surface area contributed by atoms with Crippen LogP contribution in [0.4, 0.5) is 0 Å². The number of carbonyl (C=O) groups excluding carboxylic acids is 1. The zero-order valence-corrected chi connectivity index (χ0v) is 16.6. The third-order valence-electron chi connectivity index (χ3n) is 6.12. The molecule has 6 nitrogen and oxygen atoms in total. The molecule has 1 heterocycles. The molecule has 0 aromatic carbocycles. The van der Waals surface area contributed by atoms with E-state index in [1.54, 1.807) is 0 Å². The van der Waals surface area contributed by atoms with Crippen LogP contribution in [-0.4, -0.2) is 63.3 Å². The van der Waals surface area contributed by atoms with Gasteiger partial charge in [-0.3, -0.25) is 4.79 Å². The molecule has 0 aromatic heterocycles. The number of hydrogen-bond donors (Lipinski definition) is 4. The van der Waals surface area contributed by atoms with Gasteiger partial charge in [0.25, 0.3) is 0 Å². The van der Waals surface area contributed by atoms with Gasteiger partial charge in [-0.15, -0.1) is 0 Å². The molecule has 7 atom stereocenters. The maximum Gasteiger partial charge on any atom is 0.161 e. The molecule has 4 N–H and O–H groups in total. The van der Waals surface area contributed by atoms with Gasteiger partial charge in [-0.1, -0.05) is 52.0 Å². The monoisotopic (exact) mass is 384 g/mol. The van der Waals surface area contributed by atoms with Crippen LogP contribution < -0.4 is 0 Å². The highest BCUT2D eigenvalue weighted by atomic mass is 16.5. The van der Waals surface area contributed by atoms with Crippen LogP contribution in [0.15, 0.2) is 11.6 Å². The fraction of sp³-hybridized carbons (Fsp3) is 0.857. The summed E-state index contributed by atoms with van der Waals surface area (Å²) in [7, 11) is 0. The molecule has 0 spiro atoms. The van der Waals surface area contributed by atoms with Gasteiger partial charge in [0.1, 0.15) is 30.5 Å². The smallest absolute Gasteiger partial charge is 0.161 e. The number of ketones is 1. The lowest BCUT2D eigenvalue weighted by Gasteiger charge is -2.42. The second-order valence-corrected chi connectivity index (χ2v) is 8.03. The molecular weight excluding hydrogens is 348 g/mol. The van der Waals surface area contributed by atoms with E-state index in [9.17, 15) is 25.2 Å². The molecule has 6 heteroatoms. The van der Waals surface area contributed by atoms with Crippen molar-refractivity contribution in [3.63, 3.8) is 0 Å². The molecule has 0 radical (unpaired) electrons. The average molecular weight is 385 g/mol. The summed E-state index contributed by atoms with van der Waals surface area (Å²) in [6.07, 6.45) is 4.02. The highest BCUT2D eigenvalue weighted by Gasteiger charge is 2.47. The third kappa shape index (κ3) is 5.39. The number of Topliss-reactive ketones (excluding diaryl/α,β-unsaturated/α-hetero) is 1. The van der Waals surface area contributed by atoms with Crippen LogP contribution in [-0.2, 0) is 9.53 Å². The number of hydrogen-bond acceptors (Lipinski definition) is 6. The molecule has 0 saturated carbocycles. The summed E-state index contributed by atoms with van der Waals surface area (Å²) >= 11 is 0. The normalized spacial score (nSPS) is 37.3. The first kappa shape index (κ1) is 22.5. The van der Waals surface area contributed by atoms with E-state index in [1.807, 2.05) is 6.08 Å². The van der Waals surface area contributed by atoms with Gasteiger partial charge in [-0.25, -0.2) is 0 Å². The van der Waals surface area contributed by atoms with E-state index < -0.39 is 37.1 Å². The maximum absolute atomic E-state index is 12.8. The largest absolute Gasteiger partial charge is 0.394 e. The Morgan fingerprint density at radius 2 is 1.74 bits per heavy atom. The van der Waals surface area contributed by atoms with Gasteiger partial charge in [0, 0.05) is 12.0 Å². The van der Waals surface area contributed by atoms with Crippen molar-refractivity contribution in [1.29, 1.82) is 0 Å². The number of ether oxygens (including phenoxy) is 1. The van der Waals surface area contributed by atoms with Gasteiger partial charge in [0.2, 0.25) is 0 Å². The minimum atomic E-state index is -1.45. The maximum atomic E-state index is 12.8. The van der Waals surface area contributed by atoms with Crippen molar-refractivity contribution in [1.82, 2.24) is 0 Å². The van der Waals surface area contributed by atoms with E-state index in [-0.39, 0.29) is 11.7 Å². The van der Waals surface area contributed by atoms with Gasteiger partial charge in [-0.2, -0.15) is 0 Å². The predicted molar refractivity (Wildman–Crippen MR) is 102 cm³/mol. The second-order valence-electron chi connectivity index (χ2n) is 8.03. The first-order chi connectivity index (χ1) is 12.9. The van der Waals surface area contributed by atoms with E-state index in [2.05, 4.69) is 13.8 Å². The van der Waals surface area contributed by atoms with E-state index in [0.717, 1.165) is 19.3 Å². The molecular formula is C21H36O6. The highest BCUT2D eigenvalue weighted by molar-refractivity contribution is 5.97. The molecule has 0 bridgehead atoms. The number of unbranched alkanes of at least 4 members (excludes halogenated alkanes) is 4. The fourth-order valence-corrected chi connectivity index (χ4v) is 4.36. The molecule has 2 rings (SSSR count). The highest BCUT2D eigenvalue weighted by Crippen LogP contribution is 2.37. The SMILES string of the molecule is CCCCCCC[C@H]1CC(=O)C(C2OC(CO)C(O)C(O)C2O)=C[C@@H]1CC. The Bertz CT molecular complexity index is 503. The summed E-state index contributed by atoms with van der Waals surface area (Å²) in [6.45, 7) is 3.80. The number of aliphatic hydroxyl groups excluding tert-OH is 4. The van der Waals surface area contributed by atoms with Crippen LogP contribution in [0.25, 0.3) is 0 Å². The van der Waals surface area contributed by atoms with Gasteiger partial charge < -0.3 is 25.2 Å². The molecule has 156 valence electrons. The molecule has 5 unspecified atom stereocenters. The third-order valence-corrected chi connectivity index (χ3v) is 6.12. The standard InChI is InChI=1S/C21H36O6/c1-3-5-6-7-8-9-14-11-16(23)15(10-13(14)4-2)21-20(26)19(25)18(24)17(12-22)27-21/h10,13-14,17-22,24-26H,3-9,11-12H2,1-2H3/t13-,14-,17?,18?,19?,20?,21?/m0/s1. The zero-order chi connectivity index (χ0) is 20.0. The molecule has 27 heavy (non-hydrogen) atoms. The Morgan fingerprint density at radius 1 is 1.04 bits per heavy atom. The first-order valence-corrected chi connectivity index (χ1v) is 10.5. The van der Waals surface area contributed by atoms with Crippen molar-refractivity contribution in [2.75, 3.05) is 6.61 Å². The van der Waals surface area contributed by atoms with Gasteiger partial charge in [0.15, 0.2) is 5.78 Å². The predicted octanol–water partition coefficient (Wildman–Crippen LogP) is 1.73. The number of allylic oxidation sites excluding steroid dienone is 1. The first-order valence-electron chi connectivity index (χ1n) is 10.5. The lowest BCUT2D eigenvalue weighted by atomic mass is 9.74. The van der Waals surface area contributed by atoms with Gasteiger partial charge in [0.05, 0.1) is 6.61 Å². The summed E-state index contributed by atoms with van der Waals surface area (Å²) in [6, 6.07) is 0. The Kier molecular flexibility index (Phi) is 8.89. The lowest BCUT2D eigenvalue weighted by molar-refractivity contribution is -0.220.